The Morgan fingerprint density at radius 2 is 1.77 bits per heavy atom. The van der Waals surface area contributed by atoms with Crippen LogP contribution in [0, 0.1) is 0 Å². The van der Waals surface area contributed by atoms with E-state index in [0.29, 0.717) is 48.5 Å². The Hall–Kier alpha value is -3.43. The quantitative estimate of drug-likeness (QED) is 0.592. The second-order valence-corrected chi connectivity index (χ2v) is 7.36. The van der Waals surface area contributed by atoms with Gasteiger partial charge in [-0.05, 0) is 49.2 Å². The van der Waals surface area contributed by atoms with E-state index in [2.05, 4.69) is 14.9 Å². The van der Waals surface area contributed by atoms with Crippen molar-refractivity contribution < 1.29 is 27.5 Å². The molecule has 1 unspecified atom stereocenters. The molecule has 0 spiro atoms. The number of hydrogen-bond donors (Lipinski definition) is 0. The van der Waals surface area contributed by atoms with Crippen molar-refractivity contribution in [2.24, 2.45) is 0 Å². The molecule has 0 bridgehead atoms. The topological polar surface area (TPSA) is 76.8 Å². The molecule has 1 aliphatic rings. The smallest absolute Gasteiger partial charge is 0.417 e. The van der Waals surface area contributed by atoms with Gasteiger partial charge in [0.1, 0.15) is 5.82 Å². The molecule has 1 aromatic carbocycles. The number of piperidine rings is 1. The Morgan fingerprint density at radius 3 is 2.45 bits per heavy atom. The molecule has 3 aromatic rings. The van der Waals surface area contributed by atoms with E-state index in [1.165, 1.54) is 29.7 Å². The maximum atomic E-state index is 13.1. The van der Waals surface area contributed by atoms with Crippen LogP contribution in [0.1, 0.15) is 50.9 Å². The number of fused-ring (bicyclic) bond motifs is 1. The number of rotatable bonds is 3. The van der Waals surface area contributed by atoms with Gasteiger partial charge in [0.05, 0.1) is 18.2 Å². The fraction of sp³-hybridized carbons (Fsp3) is 0.333. The van der Waals surface area contributed by atoms with Crippen molar-refractivity contribution in [1.29, 1.82) is 0 Å². The highest BCUT2D eigenvalue weighted by Crippen LogP contribution is 2.31. The van der Waals surface area contributed by atoms with Gasteiger partial charge in [0.15, 0.2) is 5.65 Å². The minimum atomic E-state index is -4.47. The van der Waals surface area contributed by atoms with Gasteiger partial charge in [0, 0.05) is 30.8 Å². The molecule has 10 heteroatoms. The molecule has 1 aliphatic heterocycles. The predicted molar refractivity (Wildman–Crippen MR) is 104 cm³/mol. The van der Waals surface area contributed by atoms with Gasteiger partial charge in [0.2, 0.25) is 0 Å². The number of hydrogen-bond acceptors (Lipinski definition) is 5. The van der Waals surface area contributed by atoms with Crippen LogP contribution < -0.4 is 0 Å². The summed E-state index contributed by atoms with van der Waals surface area (Å²) in [5, 5.41) is 8.08. The van der Waals surface area contributed by atoms with E-state index < -0.39 is 17.7 Å². The number of alkyl halides is 3. The highest BCUT2D eigenvalue weighted by Gasteiger charge is 2.33. The maximum absolute atomic E-state index is 13.1. The van der Waals surface area contributed by atoms with E-state index >= 15 is 0 Å². The zero-order valence-corrected chi connectivity index (χ0v) is 16.6. The van der Waals surface area contributed by atoms with Crippen LogP contribution >= 0.6 is 0 Å². The van der Waals surface area contributed by atoms with Crippen molar-refractivity contribution in [2.75, 3.05) is 20.2 Å². The summed E-state index contributed by atoms with van der Waals surface area (Å²) in [6.07, 6.45) is -2.11. The summed E-state index contributed by atoms with van der Waals surface area (Å²) >= 11 is 0. The lowest BCUT2D eigenvalue weighted by atomic mass is 9.96. The standard InChI is InChI=1S/C21H19F3N4O3/c1-31-20(30)14-6-4-13(5-7-14)19(29)27-10-2-3-15(11-27)18-26-25-17-9-8-16(12-28(17)18)21(22,23)24/h4-9,12,15H,2-3,10-11H2,1H3. The molecule has 162 valence electrons. The number of amides is 1. The first-order valence-corrected chi connectivity index (χ1v) is 9.67. The van der Waals surface area contributed by atoms with Gasteiger partial charge in [-0.15, -0.1) is 10.2 Å². The summed E-state index contributed by atoms with van der Waals surface area (Å²) in [6.45, 7) is 0.841. The molecule has 1 amide bonds. The highest BCUT2D eigenvalue weighted by atomic mass is 19.4. The lowest BCUT2D eigenvalue weighted by Gasteiger charge is -2.32. The number of aromatic nitrogens is 3. The van der Waals surface area contributed by atoms with Crippen LogP contribution in [0.4, 0.5) is 13.2 Å². The summed E-state index contributed by atoms with van der Waals surface area (Å²) in [5.41, 5.74) is 0.296. The number of pyridine rings is 1. The summed E-state index contributed by atoms with van der Waals surface area (Å²) in [5.74, 6) is -0.551. The van der Waals surface area contributed by atoms with Gasteiger partial charge < -0.3 is 9.64 Å². The summed E-state index contributed by atoms with van der Waals surface area (Å²) in [7, 11) is 1.28. The van der Waals surface area contributed by atoms with Crippen LogP contribution in [0.15, 0.2) is 42.6 Å². The molecule has 3 heterocycles. The summed E-state index contributed by atoms with van der Waals surface area (Å²) in [4.78, 5) is 26.1. The molecule has 1 fully saturated rings. The number of halogens is 3. The Kier molecular flexibility index (Phi) is 5.38. The van der Waals surface area contributed by atoms with E-state index in [4.69, 9.17) is 0 Å². The number of nitrogens with zero attached hydrogens (tertiary/aromatic N) is 4. The molecule has 0 saturated carbocycles. The van der Waals surface area contributed by atoms with Crippen molar-refractivity contribution >= 4 is 17.5 Å². The molecular weight excluding hydrogens is 413 g/mol. The molecule has 0 aliphatic carbocycles. The molecule has 4 rings (SSSR count). The van der Waals surface area contributed by atoms with Gasteiger partial charge in [-0.1, -0.05) is 0 Å². The van der Waals surface area contributed by atoms with Crippen molar-refractivity contribution in [2.45, 2.75) is 24.9 Å². The number of esters is 1. The number of benzene rings is 1. The van der Waals surface area contributed by atoms with Gasteiger partial charge in [-0.25, -0.2) is 4.79 Å². The fourth-order valence-corrected chi connectivity index (χ4v) is 3.78. The first-order valence-electron chi connectivity index (χ1n) is 9.67. The fourth-order valence-electron chi connectivity index (χ4n) is 3.78. The molecule has 1 saturated heterocycles. The largest absolute Gasteiger partial charge is 0.465 e. The van der Waals surface area contributed by atoms with E-state index in [9.17, 15) is 22.8 Å². The van der Waals surface area contributed by atoms with Gasteiger partial charge in [0.25, 0.3) is 5.91 Å². The maximum Gasteiger partial charge on any atom is 0.417 e. The Bertz CT molecular complexity index is 1130. The van der Waals surface area contributed by atoms with Crippen molar-refractivity contribution in [3.63, 3.8) is 0 Å². The number of carbonyl (C=O) groups excluding carboxylic acids is 2. The zero-order valence-electron chi connectivity index (χ0n) is 16.6. The van der Waals surface area contributed by atoms with Gasteiger partial charge in [-0.3, -0.25) is 9.20 Å². The SMILES string of the molecule is COC(=O)c1ccc(C(=O)N2CCCC(c3nnc4ccc(C(F)(F)F)cn34)C2)cc1. The zero-order chi connectivity index (χ0) is 22.2. The van der Waals surface area contributed by atoms with Crippen molar-refractivity contribution in [3.8, 4) is 0 Å². The third kappa shape index (κ3) is 4.10. The van der Waals surface area contributed by atoms with Crippen LogP contribution in [-0.4, -0.2) is 51.6 Å². The first kappa shape index (κ1) is 20.8. The molecule has 31 heavy (non-hydrogen) atoms. The van der Waals surface area contributed by atoms with E-state index in [0.717, 1.165) is 12.3 Å². The highest BCUT2D eigenvalue weighted by molar-refractivity contribution is 5.96. The van der Waals surface area contributed by atoms with E-state index in [-0.39, 0.29) is 11.8 Å². The van der Waals surface area contributed by atoms with Crippen LogP contribution in [0.25, 0.3) is 5.65 Å². The Balaban J connectivity index is 1.56. The second-order valence-electron chi connectivity index (χ2n) is 7.36. The Labute approximate surface area is 175 Å². The number of ether oxygens (including phenoxy) is 1. The molecule has 0 N–H and O–H groups in total. The molecule has 0 radical (unpaired) electrons. The molecular formula is C21H19F3N4O3. The van der Waals surface area contributed by atoms with Crippen LogP contribution in [0.3, 0.4) is 0 Å². The Morgan fingerprint density at radius 1 is 1.06 bits per heavy atom. The lowest BCUT2D eigenvalue weighted by molar-refractivity contribution is -0.137. The first-order chi connectivity index (χ1) is 14.8. The minimum absolute atomic E-state index is 0.217. The average molecular weight is 432 g/mol. The minimum Gasteiger partial charge on any atom is -0.465 e. The lowest BCUT2D eigenvalue weighted by Crippen LogP contribution is -2.39. The van der Waals surface area contributed by atoms with Crippen molar-refractivity contribution in [3.05, 3.63) is 65.1 Å². The predicted octanol–water partition coefficient (Wildman–Crippen LogP) is 3.55. The van der Waals surface area contributed by atoms with E-state index in [1.807, 2.05) is 0 Å². The van der Waals surface area contributed by atoms with Crippen molar-refractivity contribution in [1.82, 2.24) is 19.5 Å². The monoisotopic (exact) mass is 432 g/mol. The third-order valence-electron chi connectivity index (χ3n) is 5.38. The number of likely N-dealkylation sites (tertiary alicyclic amines) is 1. The summed E-state index contributed by atoms with van der Waals surface area (Å²) in [6, 6.07) is 8.41. The number of methoxy groups -OCH3 is 1. The van der Waals surface area contributed by atoms with Gasteiger partial charge in [-0.2, -0.15) is 13.2 Å². The normalized spacial score (nSPS) is 17.0. The molecule has 1 atom stereocenters. The average Bonchev–Trinajstić information content (AvgIpc) is 3.21. The van der Waals surface area contributed by atoms with Crippen LogP contribution in [0.2, 0.25) is 0 Å². The van der Waals surface area contributed by atoms with Crippen LogP contribution in [0.5, 0.6) is 0 Å². The van der Waals surface area contributed by atoms with E-state index in [1.54, 1.807) is 17.0 Å². The van der Waals surface area contributed by atoms with Gasteiger partial charge >= 0.3 is 12.1 Å². The third-order valence-corrected chi connectivity index (χ3v) is 5.38. The molecule has 7 nitrogen and oxygen atoms in total. The molecule has 2 aromatic heterocycles. The second kappa shape index (κ2) is 8.01. The van der Waals surface area contributed by atoms with Crippen LogP contribution in [-0.2, 0) is 10.9 Å². The summed E-state index contributed by atoms with van der Waals surface area (Å²) < 4.78 is 45.4. The number of carbonyl (C=O) groups is 2.